The van der Waals surface area contributed by atoms with E-state index in [4.69, 9.17) is 28.6 Å². The Balaban J connectivity index is 1.49. The van der Waals surface area contributed by atoms with Crippen molar-refractivity contribution in [3.05, 3.63) is 95.0 Å². The Labute approximate surface area is 226 Å². The SMILES string of the molecule is CCOC(=O)c1ccc(NC(=O)CC2C(=O)N(c3ccccc3)C(=S)N2CCc2ccc(Cl)cc2)cc1. The zero-order valence-electron chi connectivity index (χ0n) is 20.2. The Morgan fingerprint density at radius 1 is 1.00 bits per heavy atom. The molecule has 1 N–H and O–H groups in total. The smallest absolute Gasteiger partial charge is 0.338 e. The van der Waals surface area contributed by atoms with Gasteiger partial charge in [0.2, 0.25) is 5.91 Å². The molecule has 0 aromatic heterocycles. The number of nitrogens with one attached hydrogen (secondary N) is 1. The lowest BCUT2D eigenvalue weighted by Gasteiger charge is -2.24. The quantitative estimate of drug-likeness (QED) is 0.304. The van der Waals surface area contributed by atoms with Crippen LogP contribution in [0.5, 0.6) is 0 Å². The number of benzene rings is 3. The summed E-state index contributed by atoms with van der Waals surface area (Å²) in [5.74, 6) is -1.01. The molecule has 0 spiro atoms. The maximum atomic E-state index is 13.5. The molecule has 7 nitrogen and oxygen atoms in total. The van der Waals surface area contributed by atoms with Gasteiger partial charge < -0.3 is 15.0 Å². The van der Waals surface area contributed by atoms with Gasteiger partial charge in [0.25, 0.3) is 5.91 Å². The van der Waals surface area contributed by atoms with Crippen LogP contribution in [0.1, 0.15) is 29.3 Å². The minimum atomic E-state index is -0.751. The summed E-state index contributed by atoms with van der Waals surface area (Å²) in [5.41, 5.74) is 2.61. The predicted octanol–water partition coefficient (Wildman–Crippen LogP) is 5.09. The molecule has 1 saturated heterocycles. The summed E-state index contributed by atoms with van der Waals surface area (Å²) in [4.78, 5) is 41.6. The van der Waals surface area contributed by atoms with E-state index in [0.717, 1.165) is 5.56 Å². The van der Waals surface area contributed by atoms with Crippen molar-refractivity contribution in [3.8, 4) is 0 Å². The average molecular weight is 536 g/mol. The van der Waals surface area contributed by atoms with Crippen molar-refractivity contribution in [2.24, 2.45) is 0 Å². The van der Waals surface area contributed by atoms with Crippen LogP contribution >= 0.6 is 23.8 Å². The summed E-state index contributed by atoms with van der Waals surface area (Å²) in [6.07, 6.45) is 0.545. The Kier molecular flexibility index (Phi) is 8.53. The van der Waals surface area contributed by atoms with Crippen molar-refractivity contribution < 1.29 is 19.1 Å². The normalized spacial score (nSPS) is 15.1. The van der Waals surface area contributed by atoms with Gasteiger partial charge in [0.1, 0.15) is 6.04 Å². The first kappa shape index (κ1) is 26.3. The molecule has 3 aromatic carbocycles. The molecular weight excluding hydrogens is 510 g/mol. The molecule has 1 heterocycles. The fraction of sp³-hybridized carbons (Fsp3) is 0.214. The first-order valence-electron chi connectivity index (χ1n) is 11.9. The van der Waals surface area contributed by atoms with E-state index in [-0.39, 0.29) is 24.8 Å². The molecule has 0 aliphatic carbocycles. The summed E-state index contributed by atoms with van der Waals surface area (Å²) in [6, 6.07) is 22.3. The lowest BCUT2D eigenvalue weighted by molar-refractivity contribution is -0.124. The summed E-state index contributed by atoms with van der Waals surface area (Å²) in [5, 5.41) is 3.82. The second-order valence-corrected chi connectivity index (χ2v) is 9.23. The Hall–Kier alpha value is -3.75. The van der Waals surface area contributed by atoms with Crippen LogP contribution in [0.4, 0.5) is 11.4 Å². The number of esters is 1. The average Bonchev–Trinajstić information content (AvgIpc) is 3.13. The van der Waals surface area contributed by atoms with Gasteiger partial charge in [-0.1, -0.05) is 41.9 Å². The number of hydrogen-bond acceptors (Lipinski definition) is 5. The van der Waals surface area contributed by atoms with E-state index in [0.29, 0.717) is 40.0 Å². The fourth-order valence-corrected chi connectivity index (χ4v) is 4.63. The molecule has 1 unspecified atom stereocenters. The number of anilines is 2. The zero-order valence-corrected chi connectivity index (χ0v) is 21.8. The third-order valence-corrected chi connectivity index (χ3v) is 6.62. The molecule has 9 heteroatoms. The topological polar surface area (TPSA) is 78.9 Å². The largest absolute Gasteiger partial charge is 0.462 e. The number of thiocarbonyl (C=S) groups is 1. The third kappa shape index (κ3) is 6.34. The second kappa shape index (κ2) is 12.0. The van der Waals surface area contributed by atoms with Crippen LogP contribution in [0.15, 0.2) is 78.9 Å². The third-order valence-electron chi connectivity index (χ3n) is 5.95. The van der Waals surface area contributed by atoms with E-state index >= 15 is 0 Å². The van der Waals surface area contributed by atoms with E-state index in [1.807, 2.05) is 59.5 Å². The number of carbonyl (C=O) groups is 3. The van der Waals surface area contributed by atoms with Crippen LogP contribution in [0.2, 0.25) is 5.02 Å². The number of para-hydroxylation sites is 1. The monoisotopic (exact) mass is 535 g/mol. The van der Waals surface area contributed by atoms with Crippen LogP contribution in [0.25, 0.3) is 0 Å². The Morgan fingerprint density at radius 3 is 2.32 bits per heavy atom. The lowest BCUT2D eigenvalue weighted by Crippen LogP contribution is -2.39. The summed E-state index contributed by atoms with van der Waals surface area (Å²) in [6.45, 7) is 2.48. The van der Waals surface area contributed by atoms with Crippen LogP contribution in [0.3, 0.4) is 0 Å². The highest BCUT2D eigenvalue weighted by Crippen LogP contribution is 2.28. The van der Waals surface area contributed by atoms with Crippen LogP contribution < -0.4 is 10.2 Å². The minimum absolute atomic E-state index is 0.0808. The molecule has 2 amide bonds. The fourth-order valence-electron chi connectivity index (χ4n) is 4.09. The van der Waals surface area contributed by atoms with Gasteiger partial charge in [-0.25, -0.2) is 4.79 Å². The maximum Gasteiger partial charge on any atom is 0.338 e. The van der Waals surface area contributed by atoms with Crippen molar-refractivity contribution in [1.29, 1.82) is 0 Å². The van der Waals surface area contributed by atoms with Crippen LogP contribution in [-0.2, 0) is 20.7 Å². The molecule has 37 heavy (non-hydrogen) atoms. The second-order valence-electron chi connectivity index (χ2n) is 8.43. The molecule has 0 saturated carbocycles. The Bertz CT molecular complexity index is 1280. The van der Waals surface area contributed by atoms with Gasteiger partial charge in [-0.2, -0.15) is 0 Å². The number of ether oxygens (including phenoxy) is 1. The number of halogens is 1. The van der Waals surface area contributed by atoms with Gasteiger partial charge in [-0.15, -0.1) is 0 Å². The number of carbonyl (C=O) groups excluding carboxylic acids is 3. The highest BCUT2D eigenvalue weighted by Gasteiger charge is 2.43. The van der Waals surface area contributed by atoms with Crippen LogP contribution in [0, 0.1) is 0 Å². The first-order valence-corrected chi connectivity index (χ1v) is 12.7. The van der Waals surface area contributed by atoms with E-state index in [1.54, 1.807) is 31.2 Å². The van der Waals surface area contributed by atoms with Gasteiger partial charge in [0.05, 0.1) is 24.3 Å². The van der Waals surface area contributed by atoms with E-state index < -0.39 is 12.0 Å². The van der Waals surface area contributed by atoms with Crippen molar-refractivity contribution >= 4 is 58.1 Å². The van der Waals surface area contributed by atoms with Gasteiger partial charge >= 0.3 is 5.97 Å². The number of nitrogens with zero attached hydrogens (tertiary/aromatic N) is 2. The Morgan fingerprint density at radius 2 is 1.68 bits per heavy atom. The van der Waals surface area contributed by atoms with Crippen molar-refractivity contribution in [2.75, 3.05) is 23.4 Å². The van der Waals surface area contributed by atoms with Crippen LogP contribution in [-0.4, -0.2) is 47.0 Å². The molecule has 4 rings (SSSR count). The van der Waals surface area contributed by atoms with E-state index in [2.05, 4.69) is 5.32 Å². The van der Waals surface area contributed by atoms with Gasteiger partial charge in [-0.05, 0) is 79.7 Å². The molecule has 1 aliphatic heterocycles. The molecule has 3 aromatic rings. The highest BCUT2D eigenvalue weighted by atomic mass is 35.5. The predicted molar refractivity (Wildman–Crippen MR) is 148 cm³/mol. The van der Waals surface area contributed by atoms with E-state index in [9.17, 15) is 14.4 Å². The lowest BCUT2D eigenvalue weighted by atomic mass is 10.1. The zero-order chi connectivity index (χ0) is 26.4. The molecule has 1 atom stereocenters. The molecule has 1 fully saturated rings. The number of amides is 2. The maximum absolute atomic E-state index is 13.5. The van der Waals surface area contributed by atoms with Crippen molar-refractivity contribution in [2.45, 2.75) is 25.8 Å². The molecule has 190 valence electrons. The molecule has 1 aliphatic rings. The molecule has 0 radical (unpaired) electrons. The summed E-state index contributed by atoms with van der Waals surface area (Å²) in [7, 11) is 0. The summed E-state index contributed by atoms with van der Waals surface area (Å²) < 4.78 is 4.99. The number of rotatable bonds is 9. The van der Waals surface area contributed by atoms with Crippen molar-refractivity contribution in [1.82, 2.24) is 4.90 Å². The minimum Gasteiger partial charge on any atom is -0.462 e. The summed E-state index contributed by atoms with van der Waals surface area (Å²) >= 11 is 11.7. The van der Waals surface area contributed by atoms with Gasteiger partial charge in [0.15, 0.2) is 5.11 Å². The first-order chi connectivity index (χ1) is 17.9. The van der Waals surface area contributed by atoms with E-state index in [1.165, 1.54) is 4.90 Å². The standard InChI is InChI=1S/C28H26ClN3O4S/c1-2-36-27(35)20-10-14-22(15-11-20)30-25(33)18-24-26(34)32(23-6-4-3-5-7-23)28(37)31(24)17-16-19-8-12-21(29)13-9-19/h3-15,24H,2,16-18H2,1H3,(H,30,33). The highest BCUT2D eigenvalue weighted by molar-refractivity contribution is 7.80. The molecular formula is C28H26ClN3O4S. The molecule has 0 bridgehead atoms. The number of hydrogen-bond donors (Lipinski definition) is 1. The van der Waals surface area contributed by atoms with Crippen molar-refractivity contribution in [3.63, 3.8) is 0 Å². The van der Waals surface area contributed by atoms with Gasteiger partial charge in [0, 0.05) is 17.3 Å². The van der Waals surface area contributed by atoms with Gasteiger partial charge in [-0.3, -0.25) is 14.5 Å².